The molecule has 1 atom stereocenters. The molecule has 102 valence electrons. The molecule has 0 saturated carbocycles. The molecule has 0 aromatic heterocycles. The number of halogens is 3. The zero-order valence-electron chi connectivity index (χ0n) is 10.1. The number of primary amides is 1. The number of nitrogens with two attached hydrogens (primary N) is 1. The summed E-state index contributed by atoms with van der Waals surface area (Å²) < 4.78 is 37.6. The lowest BCUT2D eigenvalue weighted by molar-refractivity contribution is -0.158. The number of alkyl halides is 3. The molecule has 6 heteroatoms. The van der Waals surface area contributed by atoms with E-state index in [1.807, 2.05) is 6.92 Å². The van der Waals surface area contributed by atoms with Crippen LogP contribution in [0.4, 0.5) is 13.2 Å². The van der Waals surface area contributed by atoms with Gasteiger partial charge in [0, 0.05) is 0 Å². The van der Waals surface area contributed by atoms with Crippen molar-refractivity contribution < 1.29 is 18.0 Å². The predicted molar refractivity (Wildman–Crippen MR) is 60.4 cm³/mol. The third-order valence-corrected chi connectivity index (χ3v) is 2.51. The van der Waals surface area contributed by atoms with Gasteiger partial charge in [-0.3, -0.25) is 10.1 Å². The summed E-state index contributed by atoms with van der Waals surface area (Å²) in [5.41, 5.74) is 4.81. The Morgan fingerprint density at radius 1 is 1.24 bits per heavy atom. The van der Waals surface area contributed by atoms with Crippen LogP contribution in [-0.2, 0) is 4.79 Å². The molecule has 0 bridgehead atoms. The van der Waals surface area contributed by atoms with Gasteiger partial charge in [0.2, 0.25) is 5.91 Å². The van der Waals surface area contributed by atoms with Gasteiger partial charge < -0.3 is 5.73 Å². The van der Waals surface area contributed by atoms with Crippen LogP contribution in [0.3, 0.4) is 0 Å². The number of hydrogen-bond donors (Lipinski definition) is 2. The highest BCUT2D eigenvalue weighted by Crippen LogP contribution is 2.24. The Bertz CT molecular complexity index is 219. The normalized spacial score (nSPS) is 13.6. The number of hydrogen-bond acceptors (Lipinski definition) is 2. The van der Waals surface area contributed by atoms with Crippen molar-refractivity contribution in [3.63, 3.8) is 0 Å². The van der Waals surface area contributed by atoms with Crippen LogP contribution in [-0.4, -0.2) is 24.7 Å². The number of unbranched alkanes of at least 4 members (excludes halogenated alkanes) is 4. The Hall–Kier alpha value is -0.780. The minimum absolute atomic E-state index is 0.000490. The number of carbonyl (C=O) groups is 1. The van der Waals surface area contributed by atoms with Crippen LogP contribution >= 0.6 is 0 Å². The molecular formula is C11H21F3N2O. The molecule has 0 spiro atoms. The van der Waals surface area contributed by atoms with Crippen molar-refractivity contribution in [1.82, 2.24) is 5.32 Å². The first-order valence-corrected chi connectivity index (χ1v) is 5.96. The smallest absolute Gasteiger partial charge is 0.369 e. The van der Waals surface area contributed by atoms with Gasteiger partial charge in [-0.1, -0.05) is 39.0 Å². The van der Waals surface area contributed by atoms with E-state index in [1.165, 1.54) is 0 Å². The van der Waals surface area contributed by atoms with E-state index in [4.69, 9.17) is 5.73 Å². The topological polar surface area (TPSA) is 55.1 Å². The van der Waals surface area contributed by atoms with E-state index >= 15 is 0 Å². The molecule has 1 amide bonds. The average molecular weight is 254 g/mol. The summed E-state index contributed by atoms with van der Waals surface area (Å²) in [6.07, 6.45) is 0.0419. The Morgan fingerprint density at radius 2 is 1.82 bits per heavy atom. The fourth-order valence-electron chi connectivity index (χ4n) is 1.56. The number of nitrogens with one attached hydrogen (secondary N) is 1. The van der Waals surface area contributed by atoms with E-state index < -0.39 is 24.7 Å². The van der Waals surface area contributed by atoms with Crippen LogP contribution in [0.5, 0.6) is 0 Å². The molecule has 0 aromatic rings. The summed E-state index contributed by atoms with van der Waals surface area (Å²) in [7, 11) is 0. The van der Waals surface area contributed by atoms with E-state index in [2.05, 4.69) is 5.32 Å². The second-order valence-corrected chi connectivity index (χ2v) is 4.14. The first kappa shape index (κ1) is 16.2. The van der Waals surface area contributed by atoms with Crippen molar-refractivity contribution in [2.24, 2.45) is 5.73 Å². The lowest BCUT2D eigenvalue weighted by Crippen LogP contribution is -2.45. The van der Waals surface area contributed by atoms with Crippen LogP contribution in [0.25, 0.3) is 0 Å². The van der Waals surface area contributed by atoms with Gasteiger partial charge in [-0.25, -0.2) is 0 Å². The molecule has 0 rings (SSSR count). The van der Waals surface area contributed by atoms with Gasteiger partial charge in [-0.05, 0) is 6.42 Å². The third kappa shape index (κ3) is 8.97. The van der Waals surface area contributed by atoms with Crippen LogP contribution in [0, 0.1) is 0 Å². The monoisotopic (exact) mass is 254 g/mol. The van der Waals surface area contributed by atoms with Gasteiger partial charge in [0.25, 0.3) is 0 Å². The van der Waals surface area contributed by atoms with Crippen LogP contribution in [0.15, 0.2) is 0 Å². The Kier molecular flexibility index (Phi) is 7.95. The van der Waals surface area contributed by atoms with E-state index in [1.54, 1.807) is 0 Å². The second kappa shape index (κ2) is 8.33. The van der Waals surface area contributed by atoms with Crippen molar-refractivity contribution in [2.75, 3.05) is 6.54 Å². The maximum Gasteiger partial charge on any atom is 0.403 e. The molecule has 17 heavy (non-hydrogen) atoms. The molecular weight excluding hydrogens is 233 g/mol. The maximum absolute atomic E-state index is 12.5. The Labute approximate surface area is 99.9 Å². The number of carbonyl (C=O) groups excluding carboxylic acids is 1. The highest BCUT2D eigenvalue weighted by Gasteiger charge is 2.38. The Balaban J connectivity index is 3.91. The maximum atomic E-state index is 12.5. The van der Waals surface area contributed by atoms with E-state index in [9.17, 15) is 18.0 Å². The zero-order valence-corrected chi connectivity index (χ0v) is 10.1. The Morgan fingerprint density at radius 3 is 2.29 bits per heavy atom. The van der Waals surface area contributed by atoms with Gasteiger partial charge >= 0.3 is 6.18 Å². The largest absolute Gasteiger partial charge is 0.403 e. The fraction of sp³-hybridized carbons (Fsp3) is 0.909. The average Bonchev–Trinajstić information content (AvgIpc) is 2.19. The number of amides is 1. The summed E-state index contributed by atoms with van der Waals surface area (Å²) in [5, 5.41) is 2.15. The first-order valence-electron chi connectivity index (χ1n) is 5.96. The van der Waals surface area contributed by atoms with Crippen molar-refractivity contribution in [2.45, 2.75) is 57.7 Å². The molecule has 1 unspecified atom stereocenters. The summed E-state index contributed by atoms with van der Waals surface area (Å²) in [5.74, 6) is -0.773. The first-order chi connectivity index (χ1) is 7.88. The quantitative estimate of drug-likeness (QED) is 0.620. The van der Waals surface area contributed by atoms with Gasteiger partial charge in [0.15, 0.2) is 0 Å². The van der Waals surface area contributed by atoms with Crippen molar-refractivity contribution in [3.05, 3.63) is 0 Å². The van der Waals surface area contributed by atoms with Crippen molar-refractivity contribution in [1.29, 1.82) is 0 Å². The molecule has 0 aromatic carbocycles. The molecule has 0 aliphatic heterocycles. The van der Waals surface area contributed by atoms with Crippen LogP contribution < -0.4 is 11.1 Å². The minimum Gasteiger partial charge on any atom is -0.369 e. The molecule has 0 heterocycles. The van der Waals surface area contributed by atoms with Gasteiger partial charge in [0.05, 0.1) is 6.54 Å². The van der Waals surface area contributed by atoms with Gasteiger partial charge in [0.1, 0.15) is 6.04 Å². The van der Waals surface area contributed by atoms with Crippen LogP contribution in [0.1, 0.15) is 45.4 Å². The van der Waals surface area contributed by atoms with E-state index in [0.29, 0.717) is 6.42 Å². The highest BCUT2D eigenvalue weighted by molar-refractivity contribution is 5.75. The molecule has 0 radical (unpaired) electrons. The highest BCUT2D eigenvalue weighted by atomic mass is 19.4. The summed E-state index contributed by atoms with van der Waals surface area (Å²) in [6, 6.07) is -1.63. The van der Waals surface area contributed by atoms with E-state index in [0.717, 1.165) is 25.7 Å². The SMILES string of the molecule is CCCCCCCC(NCC(N)=O)C(F)(F)F. The molecule has 0 aliphatic carbocycles. The standard InChI is InChI=1S/C11H21F3N2O/c1-2-3-4-5-6-7-9(11(12,13)14)16-8-10(15)17/h9,16H,2-8H2,1H3,(H2,15,17). The molecule has 0 fully saturated rings. The number of rotatable bonds is 9. The van der Waals surface area contributed by atoms with E-state index in [-0.39, 0.29) is 6.42 Å². The summed E-state index contributed by atoms with van der Waals surface area (Å²) in [4.78, 5) is 10.4. The predicted octanol–water partition coefficient (Wildman–Crippen LogP) is 2.35. The van der Waals surface area contributed by atoms with Crippen molar-refractivity contribution in [3.8, 4) is 0 Å². The second-order valence-electron chi connectivity index (χ2n) is 4.14. The summed E-state index contributed by atoms with van der Waals surface area (Å²) in [6.45, 7) is 1.62. The minimum atomic E-state index is -4.32. The lowest BCUT2D eigenvalue weighted by atomic mass is 10.1. The molecule has 0 aliphatic rings. The zero-order chi connectivity index (χ0) is 13.3. The summed E-state index contributed by atoms with van der Waals surface area (Å²) >= 11 is 0. The van der Waals surface area contributed by atoms with Crippen molar-refractivity contribution >= 4 is 5.91 Å². The molecule has 0 saturated heterocycles. The third-order valence-electron chi connectivity index (χ3n) is 2.51. The molecule has 3 N–H and O–H groups in total. The van der Waals surface area contributed by atoms with Gasteiger partial charge in [-0.15, -0.1) is 0 Å². The molecule has 3 nitrogen and oxygen atoms in total. The van der Waals surface area contributed by atoms with Crippen LogP contribution in [0.2, 0.25) is 0 Å². The lowest BCUT2D eigenvalue weighted by Gasteiger charge is -2.20. The van der Waals surface area contributed by atoms with Gasteiger partial charge in [-0.2, -0.15) is 13.2 Å². The fourth-order valence-corrected chi connectivity index (χ4v) is 1.56.